The second-order valence-corrected chi connectivity index (χ2v) is 2.32. The number of hydrogen-bond donors (Lipinski definition) is 3. The van der Waals surface area contributed by atoms with Crippen molar-refractivity contribution < 1.29 is 28.0 Å². The van der Waals surface area contributed by atoms with Crippen molar-refractivity contribution in [2.75, 3.05) is 6.79 Å². The van der Waals surface area contributed by atoms with E-state index in [4.69, 9.17) is 9.79 Å². The largest absolute Gasteiger partial charge is 0.697 e. The Morgan fingerprint density at radius 2 is 1.33 bits per heavy atom. The van der Waals surface area contributed by atoms with Gasteiger partial charge in [-0.25, -0.2) is 0 Å². The third kappa shape index (κ3) is 22.6. The maximum atomic E-state index is 9.65. The minimum atomic E-state index is -2.75. The average Bonchev–Trinajstić information content (AvgIpc) is 1.90. The molecule has 9 heteroatoms. The van der Waals surface area contributed by atoms with Crippen LogP contribution in [-0.4, -0.2) is 16.6 Å². The van der Waals surface area contributed by atoms with Gasteiger partial charge in [-0.15, -0.1) is 22.9 Å². The first kappa shape index (κ1) is 17.7. The summed E-state index contributed by atoms with van der Waals surface area (Å²) in [5.74, 6) is 0. The van der Waals surface area contributed by atoms with Crippen LogP contribution in [0.2, 0.25) is 0 Å². The molecule has 7 nitrogen and oxygen atoms in total. The SMILES string of the molecule is C=C.N.O=[P+](O)OCO[P+](=O)O. The Morgan fingerprint density at radius 1 is 1.08 bits per heavy atom. The van der Waals surface area contributed by atoms with Gasteiger partial charge < -0.3 is 6.15 Å². The predicted molar refractivity (Wildman–Crippen MR) is 43.0 cm³/mol. The van der Waals surface area contributed by atoms with Crippen molar-refractivity contribution in [3.05, 3.63) is 13.2 Å². The minimum Gasteiger partial charge on any atom is -0.344 e. The fourth-order valence-corrected chi connectivity index (χ4v) is 0.483. The Labute approximate surface area is 71.5 Å². The number of rotatable bonds is 4. The maximum Gasteiger partial charge on any atom is 0.697 e. The van der Waals surface area contributed by atoms with Crippen molar-refractivity contribution >= 4 is 16.5 Å². The topological polar surface area (TPSA) is 128 Å². The molecule has 0 saturated heterocycles. The van der Waals surface area contributed by atoms with E-state index in [0.29, 0.717) is 0 Å². The Morgan fingerprint density at radius 3 is 1.50 bits per heavy atom. The van der Waals surface area contributed by atoms with Gasteiger partial charge in [0.05, 0.1) is 0 Å². The summed E-state index contributed by atoms with van der Waals surface area (Å²) in [4.78, 5) is 15.8. The lowest BCUT2D eigenvalue weighted by Crippen LogP contribution is -1.85. The lowest BCUT2D eigenvalue weighted by atomic mass is 11.3. The highest BCUT2D eigenvalue weighted by molar-refractivity contribution is 7.32. The molecule has 0 aliphatic carbocycles. The van der Waals surface area contributed by atoms with Crippen molar-refractivity contribution in [1.29, 1.82) is 0 Å². The molecule has 72 valence electrons. The van der Waals surface area contributed by atoms with Crippen LogP contribution in [0.5, 0.6) is 0 Å². The first-order chi connectivity index (χ1) is 5.13. The van der Waals surface area contributed by atoms with E-state index in [2.05, 4.69) is 22.2 Å². The Hall–Kier alpha value is -0.260. The van der Waals surface area contributed by atoms with Crippen LogP contribution in [0.1, 0.15) is 0 Å². The van der Waals surface area contributed by atoms with Crippen LogP contribution < -0.4 is 6.15 Å². The van der Waals surface area contributed by atoms with Crippen molar-refractivity contribution in [3.63, 3.8) is 0 Å². The van der Waals surface area contributed by atoms with Gasteiger partial charge in [0.1, 0.15) is 0 Å². The van der Waals surface area contributed by atoms with E-state index in [1.54, 1.807) is 0 Å². The fourth-order valence-electron chi connectivity index (χ4n) is 0.114. The predicted octanol–water partition coefficient (Wildman–Crippen LogP) is 1.24. The molecule has 0 aromatic rings. The van der Waals surface area contributed by atoms with Gasteiger partial charge in [0, 0.05) is 9.13 Å². The molecule has 0 radical (unpaired) electrons. The average molecular weight is 219 g/mol. The van der Waals surface area contributed by atoms with Crippen molar-refractivity contribution in [2.45, 2.75) is 0 Å². The van der Waals surface area contributed by atoms with Gasteiger partial charge in [-0.2, -0.15) is 0 Å². The van der Waals surface area contributed by atoms with E-state index < -0.39 is 23.3 Å². The van der Waals surface area contributed by atoms with Gasteiger partial charge in [0.2, 0.25) is 0 Å². The van der Waals surface area contributed by atoms with Gasteiger partial charge >= 0.3 is 16.5 Å². The Kier molecular flexibility index (Phi) is 19.7. The summed E-state index contributed by atoms with van der Waals surface area (Å²) >= 11 is 0. The van der Waals surface area contributed by atoms with Crippen LogP contribution in [0.3, 0.4) is 0 Å². The van der Waals surface area contributed by atoms with Gasteiger partial charge in [-0.05, 0) is 0 Å². The molecule has 2 unspecified atom stereocenters. The molecule has 0 spiro atoms. The summed E-state index contributed by atoms with van der Waals surface area (Å²) in [7, 11) is -5.49. The lowest BCUT2D eigenvalue weighted by Gasteiger charge is -1.74. The molecule has 0 rings (SSSR count). The highest BCUT2D eigenvalue weighted by atomic mass is 31.1. The summed E-state index contributed by atoms with van der Waals surface area (Å²) < 4.78 is 27.0. The summed E-state index contributed by atoms with van der Waals surface area (Å²) in [6.07, 6.45) is 0. The third-order valence-electron chi connectivity index (χ3n) is 0.326. The molecule has 0 aromatic carbocycles. The second-order valence-electron chi connectivity index (χ2n) is 0.852. The normalized spacial score (nSPS) is 10.2. The number of hydrogen-bond acceptors (Lipinski definition) is 5. The van der Waals surface area contributed by atoms with Crippen LogP contribution in [0.4, 0.5) is 0 Å². The standard InChI is InChI=1S/C2H4.CH2O6P2.H3N/c1-2;2-8(3)6-1-7-9(4)5;/h1-2H2;1H2;1H3/p+2. The Balaban J connectivity index is -0.000000249. The van der Waals surface area contributed by atoms with E-state index >= 15 is 0 Å². The minimum absolute atomic E-state index is 0. The molecule has 0 bridgehead atoms. The molecule has 0 aliphatic heterocycles. The van der Waals surface area contributed by atoms with Crippen molar-refractivity contribution in [2.24, 2.45) is 0 Å². The first-order valence-electron chi connectivity index (χ1n) is 2.21. The first-order valence-corrected chi connectivity index (χ1v) is 4.47. The zero-order chi connectivity index (χ0) is 9.28. The summed E-state index contributed by atoms with van der Waals surface area (Å²) in [5.41, 5.74) is 0. The maximum absolute atomic E-state index is 9.65. The van der Waals surface area contributed by atoms with Crippen LogP contribution >= 0.6 is 16.5 Å². The van der Waals surface area contributed by atoms with Crippen LogP contribution in [0.25, 0.3) is 0 Å². The van der Waals surface area contributed by atoms with Crippen molar-refractivity contribution in [3.8, 4) is 0 Å². The van der Waals surface area contributed by atoms with E-state index in [1.165, 1.54) is 0 Å². The molecular weight excluding hydrogens is 208 g/mol. The highest BCUT2D eigenvalue weighted by Gasteiger charge is 2.18. The van der Waals surface area contributed by atoms with E-state index in [-0.39, 0.29) is 6.15 Å². The fraction of sp³-hybridized carbons (Fsp3) is 0.333. The van der Waals surface area contributed by atoms with Gasteiger partial charge in [-0.3, -0.25) is 0 Å². The molecule has 2 atom stereocenters. The molecule has 12 heavy (non-hydrogen) atoms. The molecule has 0 aliphatic rings. The zero-order valence-corrected chi connectivity index (χ0v) is 8.04. The van der Waals surface area contributed by atoms with E-state index in [9.17, 15) is 9.13 Å². The van der Waals surface area contributed by atoms with E-state index in [1.807, 2.05) is 0 Å². The summed E-state index contributed by atoms with van der Waals surface area (Å²) in [5, 5.41) is 0. The quantitative estimate of drug-likeness (QED) is 0.368. The zero-order valence-electron chi connectivity index (χ0n) is 6.25. The van der Waals surface area contributed by atoms with Crippen LogP contribution in [0.15, 0.2) is 13.2 Å². The van der Waals surface area contributed by atoms with Gasteiger partial charge in [0.15, 0.2) is 0 Å². The molecule has 0 heterocycles. The molecule has 5 N–H and O–H groups in total. The lowest BCUT2D eigenvalue weighted by molar-refractivity contribution is 0.110. The smallest absolute Gasteiger partial charge is 0.344 e. The summed E-state index contributed by atoms with van der Waals surface area (Å²) in [6.45, 7) is 5.34. The third-order valence-corrected chi connectivity index (χ3v) is 0.979. The van der Waals surface area contributed by atoms with Crippen molar-refractivity contribution in [1.82, 2.24) is 6.15 Å². The molecular formula is C3H11NO6P2+2. The summed E-state index contributed by atoms with van der Waals surface area (Å²) in [6, 6.07) is 0. The molecule has 0 fully saturated rings. The Bertz CT molecular complexity index is 127. The van der Waals surface area contributed by atoms with Crippen LogP contribution in [0, 0.1) is 0 Å². The highest BCUT2D eigenvalue weighted by Crippen LogP contribution is 2.19. The molecule has 0 saturated carbocycles. The second kappa shape index (κ2) is 13.3. The van der Waals surface area contributed by atoms with Crippen LogP contribution in [-0.2, 0) is 18.2 Å². The van der Waals surface area contributed by atoms with Gasteiger partial charge in [0.25, 0.3) is 6.79 Å². The monoisotopic (exact) mass is 219 g/mol. The molecule has 0 amide bonds. The van der Waals surface area contributed by atoms with E-state index in [0.717, 1.165) is 0 Å². The molecule has 0 aromatic heterocycles. The van der Waals surface area contributed by atoms with Gasteiger partial charge in [-0.1, -0.05) is 9.05 Å².